The number of hydrogen-bond donors (Lipinski definition) is 1. The van der Waals surface area contributed by atoms with E-state index >= 15 is 0 Å². The summed E-state index contributed by atoms with van der Waals surface area (Å²) in [5.74, 6) is 3.88. The first-order valence-electron chi connectivity index (χ1n) is 7.65. The van der Waals surface area contributed by atoms with Crippen LogP contribution >= 0.6 is 0 Å². The molecule has 1 aliphatic rings. The predicted molar refractivity (Wildman–Crippen MR) is 82.3 cm³/mol. The Bertz CT molecular complexity index is 215. The number of carboxylic acids is 1. The summed E-state index contributed by atoms with van der Waals surface area (Å²) >= 11 is 0. The number of aliphatic carboxylic acids is 1. The molecule has 0 atom stereocenters. The molecule has 4 heteroatoms. The molecule has 0 saturated carbocycles. The second kappa shape index (κ2) is 12.8. The zero-order valence-corrected chi connectivity index (χ0v) is 12.9. The van der Waals surface area contributed by atoms with Crippen molar-refractivity contribution in [2.45, 2.75) is 70.6 Å². The van der Waals surface area contributed by atoms with Gasteiger partial charge in [-0.25, -0.2) is 0 Å². The van der Waals surface area contributed by atoms with E-state index in [9.17, 15) is 4.79 Å². The summed E-state index contributed by atoms with van der Waals surface area (Å²) in [5.41, 5.74) is 0. The third-order valence-electron chi connectivity index (χ3n) is 3.69. The van der Waals surface area contributed by atoms with Gasteiger partial charge >= 0.3 is 5.97 Å². The van der Waals surface area contributed by atoms with Crippen molar-refractivity contribution >= 4 is 16.9 Å². The molecule has 0 bridgehead atoms. The fourth-order valence-corrected chi connectivity index (χ4v) is 5.01. The van der Waals surface area contributed by atoms with E-state index in [0.29, 0.717) is 6.42 Å². The molecule has 114 valence electrons. The van der Waals surface area contributed by atoms with Gasteiger partial charge in [-0.1, -0.05) is 32.1 Å². The van der Waals surface area contributed by atoms with Crippen LogP contribution in [-0.2, 0) is 15.7 Å². The summed E-state index contributed by atoms with van der Waals surface area (Å²) in [4.78, 5) is 10.3. The molecule has 1 rings (SSSR count). The van der Waals surface area contributed by atoms with Crippen LogP contribution in [0.5, 0.6) is 0 Å². The summed E-state index contributed by atoms with van der Waals surface area (Å²) in [7, 11) is 0.801. The molecule has 1 heterocycles. The van der Waals surface area contributed by atoms with Crippen LogP contribution in [0.2, 0.25) is 0 Å². The summed E-state index contributed by atoms with van der Waals surface area (Å²) < 4.78 is 0. The highest BCUT2D eigenvalue weighted by Crippen LogP contribution is 2.16. The maximum absolute atomic E-state index is 10.3. The number of carboxylic acid groups (broad SMARTS) is 1. The molecule has 0 amide bonds. The lowest BCUT2D eigenvalue weighted by atomic mass is 10.1. The van der Waals surface area contributed by atoms with Crippen molar-refractivity contribution in [2.24, 2.45) is 0 Å². The molecule has 2 N–H and O–H groups in total. The number of unbranched alkanes of at least 4 members (excludes halogenated alkanes) is 7. The molecule has 1 fully saturated rings. The Morgan fingerprint density at radius 3 is 1.84 bits per heavy atom. The molecule has 0 aliphatic carbocycles. The minimum absolute atomic E-state index is 0. The largest absolute Gasteiger partial charge is 0.870 e. The van der Waals surface area contributed by atoms with Crippen LogP contribution in [-0.4, -0.2) is 33.8 Å². The van der Waals surface area contributed by atoms with Gasteiger partial charge in [0.15, 0.2) is 0 Å². The van der Waals surface area contributed by atoms with Gasteiger partial charge in [0.05, 0.1) is 0 Å². The Kier molecular flexibility index (Phi) is 12.6. The molecule has 0 aromatic rings. The van der Waals surface area contributed by atoms with Gasteiger partial charge < -0.3 is 10.6 Å². The van der Waals surface area contributed by atoms with E-state index in [4.69, 9.17) is 5.11 Å². The second-order valence-electron chi connectivity index (χ2n) is 5.40. The standard InChI is InChI=1S/C15H28O2S.H2O/c16-15(17)11-7-5-3-1-2-4-6-8-12-18-13-9-10-14-18;/h1-14H2;1H2. The lowest BCUT2D eigenvalue weighted by Crippen LogP contribution is -2.08. The lowest BCUT2D eigenvalue weighted by molar-refractivity contribution is -0.137. The fourth-order valence-electron chi connectivity index (χ4n) is 2.56. The van der Waals surface area contributed by atoms with E-state index in [2.05, 4.69) is 0 Å². The third-order valence-corrected chi connectivity index (χ3v) is 6.29. The van der Waals surface area contributed by atoms with Crippen molar-refractivity contribution in [3.63, 3.8) is 0 Å². The zero-order valence-electron chi connectivity index (χ0n) is 12.1. The SMILES string of the molecule is O=C(O)CCCCCCCCCC[S+]1CCCC1.[OH-]. The third kappa shape index (κ3) is 11.3. The van der Waals surface area contributed by atoms with E-state index in [1.807, 2.05) is 0 Å². The quantitative estimate of drug-likeness (QED) is 0.464. The number of rotatable bonds is 11. The van der Waals surface area contributed by atoms with Crippen LogP contribution in [0.3, 0.4) is 0 Å². The van der Waals surface area contributed by atoms with Crippen LogP contribution in [0.25, 0.3) is 0 Å². The maximum atomic E-state index is 10.3. The van der Waals surface area contributed by atoms with Gasteiger partial charge in [0.2, 0.25) is 0 Å². The molecule has 0 aromatic carbocycles. The van der Waals surface area contributed by atoms with Crippen molar-refractivity contribution in [2.75, 3.05) is 17.3 Å². The van der Waals surface area contributed by atoms with Crippen LogP contribution in [0.15, 0.2) is 0 Å². The summed E-state index contributed by atoms with van der Waals surface area (Å²) in [6, 6.07) is 0. The molecule has 0 aromatic heterocycles. The molecule has 1 saturated heterocycles. The van der Waals surface area contributed by atoms with Crippen LogP contribution in [0.4, 0.5) is 0 Å². The highest BCUT2D eigenvalue weighted by Gasteiger charge is 2.22. The molecule has 0 radical (unpaired) electrons. The Labute approximate surface area is 120 Å². The lowest BCUT2D eigenvalue weighted by Gasteiger charge is -2.02. The van der Waals surface area contributed by atoms with Crippen LogP contribution in [0.1, 0.15) is 70.6 Å². The average molecular weight is 290 g/mol. The average Bonchev–Trinajstić information content (AvgIpc) is 2.84. The van der Waals surface area contributed by atoms with E-state index in [0.717, 1.165) is 23.7 Å². The summed E-state index contributed by atoms with van der Waals surface area (Å²) in [6.45, 7) is 0. The van der Waals surface area contributed by atoms with Crippen molar-refractivity contribution in [1.29, 1.82) is 0 Å². The highest BCUT2D eigenvalue weighted by atomic mass is 32.2. The Morgan fingerprint density at radius 2 is 1.32 bits per heavy atom. The molecule has 1 aliphatic heterocycles. The van der Waals surface area contributed by atoms with Crippen molar-refractivity contribution < 1.29 is 15.4 Å². The molecule has 0 spiro atoms. The first-order valence-corrected chi connectivity index (χ1v) is 9.38. The number of hydrogen-bond acceptors (Lipinski definition) is 2. The molecular weight excluding hydrogens is 260 g/mol. The van der Waals surface area contributed by atoms with Gasteiger partial charge in [-0.2, -0.15) is 0 Å². The van der Waals surface area contributed by atoms with Crippen molar-refractivity contribution in [3.8, 4) is 0 Å². The van der Waals surface area contributed by atoms with Crippen LogP contribution < -0.4 is 0 Å². The number of carbonyl (C=O) groups is 1. The molecular formula is C15H30O3S. The topological polar surface area (TPSA) is 67.3 Å². The first kappa shape index (κ1) is 18.8. The Balaban J connectivity index is 0.00000324. The normalized spacial score (nSPS) is 15.4. The van der Waals surface area contributed by atoms with Crippen molar-refractivity contribution in [1.82, 2.24) is 0 Å². The monoisotopic (exact) mass is 290 g/mol. The van der Waals surface area contributed by atoms with E-state index in [-0.39, 0.29) is 5.48 Å². The Hall–Kier alpha value is -0.220. The first-order chi connectivity index (χ1) is 8.79. The maximum Gasteiger partial charge on any atom is 0.303 e. The zero-order chi connectivity index (χ0) is 13.1. The summed E-state index contributed by atoms with van der Waals surface area (Å²) in [6.07, 6.45) is 13.4. The van der Waals surface area contributed by atoms with E-state index < -0.39 is 5.97 Å². The molecule has 19 heavy (non-hydrogen) atoms. The van der Waals surface area contributed by atoms with Gasteiger partial charge in [0, 0.05) is 6.42 Å². The minimum Gasteiger partial charge on any atom is -0.870 e. The predicted octanol–water partition coefficient (Wildman–Crippen LogP) is 3.82. The Morgan fingerprint density at radius 1 is 0.842 bits per heavy atom. The van der Waals surface area contributed by atoms with Crippen molar-refractivity contribution in [3.05, 3.63) is 0 Å². The second-order valence-corrected chi connectivity index (χ2v) is 7.85. The van der Waals surface area contributed by atoms with Gasteiger partial charge in [0.1, 0.15) is 17.3 Å². The minimum atomic E-state index is -0.650. The fraction of sp³-hybridized carbons (Fsp3) is 0.933. The summed E-state index contributed by atoms with van der Waals surface area (Å²) in [5, 5.41) is 8.50. The smallest absolute Gasteiger partial charge is 0.303 e. The van der Waals surface area contributed by atoms with Gasteiger partial charge in [0.25, 0.3) is 0 Å². The van der Waals surface area contributed by atoms with Gasteiger partial charge in [-0.05, 0) is 43.0 Å². The van der Waals surface area contributed by atoms with Gasteiger partial charge in [-0.15, -0.1) is 0 Å². The van der Waals surface area contributed by atoms with E-state index in [1.165, 1.54) is 68.6 Å². The van der Waals surface area contributed by atoms with Crippen LogP contribution in [0, 0.1) is 0 Å². The van der Waals surface area contributed by atoms with E-state index in [1.54, 1.807) is 0 Å². The van der Waals surface area contributed by atoms with Gasteiger partial charge in [-0.3, -0.25) is 4.79 Å². The highest BCUT2D eigenvalue weighted by molar-refractivity contribution is 7.97. The molecule has 3 nitrogen and oxygen atoms in total. The molecule has 0 unspecified atom stereocenters.